The van der Waals surface area contributed by atoms with Crippen LogP contribution in [0, 0.1) is 0 Å². The Kier molecular flexibility index (Phi) is 7.62. The van der Waals surface area contributed by atoms with Crippen molar-refractivity contribution in [3.63, 3.8) is 0 Å². The van der Waals surface area contributed by atoms with Gasteiger partial charge in [0, 0.05) is 71.3 Å². The average Bonchev–Trinajstić information content (AvgIpc) is 4.01. The molecular weight excluding hydrogens is 791 g/mol. The molecule has 0 bridgehead atoms. The van der Waals surface area contributed by atoms with E-state index in [1.54, 1.807) is 0 Å². The highest BCUT2D eigenvalue weighted by Gasteiger charge is 2.20. The standard InChI is InChI=1S/C60H37N5/c1-2-15-39(16-3-1)58-49-33-28-38-14-4-5-17-44(38)59(49)62-60(61-58)40-26-29-41(30-27-40)63-56-34-31-42(64-52-22-10-6-18-45(52)46-19-7-11-23-53(46)64)36-50(56)51-37-43(32-35-57(51)63)65-54-24-12-8-20-47(54)48-21-9-13-25-55(48)65/h1-37H. The van der Waals surface area contributed by atoms with Gasteiger partial charge in [-0.15, -0.1) is 0 Å². The Morgan fingerprint density at radius 1 is 0.262 bits per heavy atom. The highest BCUT2D eigenvalue weighted by Crippen LogP contribution is 2.40. The molecule has 0 atom stereocenters. The van der Waals surface area contributed by atoms with E-state index in [0.717, 1.165) is 66.6 Å². The van der Waals surface area contributed by atoms with Crippen LogP contribution in [0.1, 0.15) is 0 Å². The Balaban J connectivity index is 0.987. The molecule has 0 aliphatic heterocycles. The van der Waals surface area contributed by atoms with E-state index in [-0.39, 0.29) is 0 Å². The molecule has 0 fully saturated rings. The second kappa shape index (κ2) is 13.9. The maximum absolute atomic E-state index is 5.28. The molecule has 4 heterocycles. The number of hydrogen-bond acceptors (Lipinski definition) is 2. The molecule has 65 heavy (non-hydrogen) atoms. The van der Waals surface area contributed by atoms with Crippen LogP contribution in [0.15, 0.2) is 224 Å². The third-order valence-corrected chi connectivity index (χ3v) is 13.4. The van der Waals surface area contributed by atoms with Gasteiger partial charge in [-0.1, -0.05) is 133 Å². The summed E-state index contributed by atoms with van der Waals surface area (Å²) in [6.07, 6.45) is 0. The summed E-state index contributed by atoms with van der Waals surface area (Å²) in [6.45, 7) is 0. The lowest BCUT2D eigenvalue weighted by atomic mass is 10.0. The molecule has 5 heteroatoms. The van der Waals surface area contributed by atoms with E-state index in [4.69, 9.17) is 9.97 Å². The van der Waals surface area contributed by atoms with Gasteiger partial charge in [0.1, 0.15) is 0 Å². The van der Waals surface area contributed by atoms with Crippen LogP contribution in [0.4, 0.5) is 0 Å². The van der Waals surface area contributed by atoms with Gasteiger partial charge < -0.3 is 13.7 Å². The van der Waals surface area contributed by atoms with E-state index in [1.165, 1.54) is 54.4 Å². The molecule has 0 aliphatic carbocycles. The van der Waals surface area contributed by atoms with Crippen LogP contribution in [-0.2, 0) is 0 Å². The average molecular weight is 828 g/mol. The van der Waals surface area contributed by atoms with Crippen molar-refractivity contribution in [3.8, 4) is 39.7 Å². The molecule has 0 amide bonds. The molecule has 0 saturated heterocycles. The number of hydrogen-bond donors (Lipinski definition) is 0. The minimum Gasteiger partial charge on any atom is -0.309 e. The van der Waals surface area contributed by atoms with Crippen molar-refractivity contribution < 1.29 is 0 Å². The van der Waals surface area contributed by atoms with E-state index in [2.05, 4.69) is 232 Å². The molecular formula is C60H37N5. The molecule has 0 spiro atoms. The van der Waals surface area contributed by atoms with Crippen molar-refractivity contribution in [1.29, 1.82) is 0 Å². The fraction of sp³-hybridized carbons (Fsp3) is 0. The lowest BCUT2D eigenvalue weighted by Gasteiger charge is -2.13. The monoisotopic (exact) mass is 827 g/mol. The van der Waals surface area contributed by atoms with Crippen LogP contribution in [0.5, 0.6) is 0 Å². The molecule has 0 N–H and O–H groups in total. The third kappa shape index (κ3) is 5.33. The number of aromatic nitrogens is 5. The lowest BCUT2D eigenvalue weighted by Crippen LogP contribution is -1.98. The number of benzene rings is 10. The van der Waals surface area contributed by atoms with Gasteiger partial charge in [0.05, 0.1) is 44.3 Å². The van der Waals surface area contributed by atoms with Crippen molar-refractivity contribution in [2.24, 2.45) is 0 Å². The van der Waals surface area contributed by atoms with Crippen LogP contribution < -0.4 is 0 Å². The Labute approximate surface area is 373 Å². The molecule has 5 nitrogen and oxygen atoms in total. The van der Waals surface area contributed by atoms with Crippen molar-refractivity contribution >= 4 is 87.1 Å². The SMILES string of the molecule is c1ccc(-c2nc(-c3ccc(-n4c5ccc(-n6c7ccccc7c7ccccc76)cc5c5cc(-n6c7ccccc7c7ccccc76)ccc54)cc3)nc3c2ccc2ccccc23)cc1. The molecule has 10 aromatic carbocycles. The van der Waals surface area contributed by atoms with E-state index < -0.39 is 0 Å². The summed E-state index contributed by atoms with van der Waals surface area (Å²) in [7, 11) is 0. The first-order valence-corrected chi connectivity index (χ1v) is 22.2. The first-order chi connectivity index (χ1) is 32.2. The Bertz CT molecular complexity index is 3950. The van der Waals surface area contributed by atoms with Gasteiger partial charge in [0.15, 0.2) is 5.82 Å². The topological polar surface area (TPSA) is 40.6 Å². The van der Waals surface area contributed by atoms with Crippen LogP contribution in [0.3, 0.4) is 0 Å². The number of para-hydroxylation sites is 4. The molecule has 0 radical (unpaired) electrons. The van der Waals surface area contributed by atoms with Crippen LogP contribution in [0.25, 0.3) is 127 Å². The number of rotatable bonds is 5. The van der Waals surface area contributed by atoms with Crippen LogP contribution >= 0.6 is 0 Å². The zero-order chi connectivity index (χ0) is 42.6. The molecule has 0 aliphatic rings. The quantitative estimate of drug-likeness (QED) is 0.162. The molecule has 14 rings (SSSR count). The first-order valence-electron chi connectivity index (χ1n) is 22.2. The Morgan fingerprint density at radius 3 is 1.23 bits per heavy atom. The van der Waals surface area contributed by atoms with Gasteiger partial charge in [0.2, 0.25) is 0 Å². The summed E-state index contributed by atoms with van der Waals surface area (Å²) in [6, 6.07) is 80.9. The Morgan fingerprint density at radius 2 is 0.692 bits per heavy atom. The molecule has 302 valence electrons. The van der Waals surface area contributed by atoms with Crippen LogP contribution in [-0.4, -0.2) is 23.7 Å². The van der Waals surface area contributed by atoms with Gasteiger partial charge in [-0.2, -0.15) is 0 Å². The fourth-order valence-electron chi connectivity index (χ4n) is 10.5. The summed E-state index contributed by atoms with van der Waals surface area (Å²) in [5, 5.41) is 10.7. The zero-order valence-corrected chi connectivity index (χ0v) is 35.1. The van der Waals surface area contributed by atoms with Crippen molar-refractivity contribution in [3.05, 3.63) is 224 Å². The summed E-state index contributed by atoms with van der Waals surface area (Å²) in [5.41, 5.74) is 14.3. The van der Waals surface area contributed by atoms with E-state index in [0.29, 0.717) is 5.82 Å². The number of nitrogens with zero attached hydrogens (tertiary/aromatic N) is 5. The minimum atomic E-state index is 0.702. The maximum Gasteiger partial charge on any atom is 0.160 e. The lowest BCUT2D eigenvalue weighted by molar-refractivity contribution is 1.16. The van der Waals surface area contributed by atoms with E-state index in [1.807, 2.05) is 6.07 Å². The van der Waals surface area contributed by atoms with Gasteiger partial charge >= 0.3 is 0 Å². The van der Waals surface area contributed by atoms with Gasteiger partial charge in [-0.05, 0) is 96.4 Å². The summed E-state index contributed by atoms with van der Waals surface area (Å²) in [5.74, 6) is 0.702. The predicted molar refractivity (Wildman–Crippen MR) is 271 cm³/mol. The zero-order valence-electron chi connectivity index (χ0n) is 35.1. The maximum atomic E-state index is 5.28. The van der Waals surface area contributed by atoms with Crippen molar-refractivity contribution in [2.75, 3.05) is 0 Å². The second-order valence-corrected chi connectivity index (χ2v) is 17.0. The molecule has 0 saturated carbocycles. The predicted octanol–water partition coefficient (Wildman–Crippen LogP) is 15.4. The van der Waals surface area contributed by atoms with Crippen LogP contribution in [0.2, 0.25) is 0 Å². The highest BCUT2D eigenvalue weighted by atomic mass is 15.0. The van der Waals surface area contributed by atoms with Gasteiger partial charge in [0.25, 0.3) is 0 Å². The smallest absolute Gasteiger partial charge is 0.160 e. The summed E-state index contributed by atoms with van der Waals surface area (Å²) in [4.78, 5) is 10.6. The van der Waals surface area contributed by atoms with Crippen molar-refractivity contribution in [2.45, 2.75) is 0 Å². The van der Waals surface area contributed by atoms with E-state index >= 15 is 0 Å². The first kappa shape index (κ1) is 35.8. The summed E-state index contributed by atoms with van der Waals surface area (Å²) >= 11 is 0. The Hall–Kier alpha value is -8.80. The molecule has 14 aromatic rings. The van der Waals surface area contributed by atoms with E-state index in [9.17, 15) is 0 Å². The largest absolute Gasteiger partial charge is 0.309 e. The number of fused-ring (bicyclic) bond motifs is 12. The minimum absolute atomic E-state index is 0.702. The second-order valence-electron chi connectivity index (χ2n) is 17.0. The van der Waals surface area contributed by atoms with Gasteiger partial charge in [-0.3, -0.25) is 0 Å². The third-order valence-electron chi connectivity index (χ3n) is 13.4. The molecule has 4 aromatic heterocycles. The fourth-order valence-corrected chi connectivity index (χ4v) is 10.5. The normalized spacial score (nSPS) is 12.0. The molecule has 0 unspecified atom stereocenters. The summed E-state index contributed by atoms with van der Waals surface area (Å²) < 4.78 is 7.23. The van der Waals surface area contributed by atoms with Gasteiger partial charge in [-0.25, -0.2) is 9.97 Å². The van der Waals surface area contributed by atoms with Crippen molar-refractivity contribution in [1.82, 2.24) is 23.7 Å². The highest BCUT2D eigenvalue weighted by molar-refractivity contribution is 6.14.